The average Bonchev–Trinajstić information content (AvgIpc) is 2.95. The molecule has 11 heteroatoms. The van der Waals surface area contributed by atoms with E-state index < -0.39 is 35.7 Å². The number of aliphatic carboxylic acids is 1. The van der Waals surface area contributed by atoms with Gasteiger partial charge in [-0.15, -0.1) is 13.2 Å². The second-order valence-corrected chi connectivity index (χ2v) is 9.58. The maximum absolute atomic E-state index is 13.9. The van der Waals surface area contributed by atoms with Crippen LogP contribution < -0.4 is 10.1 Å². The fourth-order valence-corrected chi connectivity index (χ4v) is 4.54. The van der Waals surface area contributed by atoms with E-state index in [1.807, 2.05) is 0 Å². The highest BCUT2D eigenvalue weighted by molar-refractivity contribution is 5.94. The van der Waals surface area contributed by atoms with Crippen molar-refractivity contribution in [3.8, 4) is 28.0 Å². The summed E-state index contributed by atoms with van der Waals surface area (Å²) in [5, 5.41) is 11.2. The van der Waals surface area contributed by atoms with E-state index in [1.165, 1.54) is 30.3 Å². The topological polar surface area (TPSA) is 75.6 Å². The van der Waals surface area contributed by atoms with Crippen LogP contribution in [0.15, 0.2) is 91.0 Å². The van der Waals surface area contributed by atoms with Gasteiger partial charge in [-0.25, -0.2) is 0 Å². The molecular formula is C32H25F6NO4. The number of carbonyl (C=O) groups excluding carboxylic acids is 1. The number of alkyl halides is 6. The Bertz CT molecular complexity index is 1580. The third-order valence-corrected chi connectivity index (χ3v) is 6.57. The van der Waals surface area contributed by atoms with Crippen LogP contribution in [0.2, 0.25) is 0 Å². The van der Waals surface area contributed by atoms with Gasteiger partial charge in [-0.3, -0.25) is 9.59 Å². The standard InChI is InChI=1S/C32H25F6NO4/c33-31(34,35)28-4-2-1-3-27(28)26-16-13-23(21-11-14-25(15-12-21)43-32(36,37)38)19-24(26)10-7-20-5-8-22(9-6-20)30(42)39-18-17-29(40)41/h1-6,8-9,11-16,19H,7,10,17-18H2,(H,39,42)(H,40,41). The molecule has 0 heterocycles. The van der Waals surface area contributed by atoms with Gasteiger partial charge in [-0.2, -0.15) is 13.2 Å². The van der Waals surface area contributed by atoms with E-state index in [-0.39, 0.29) is 18.5 Å². The molecule has 0 radical (unpaired) electrons. The summed E-state index contributed by atoms with van der Waals surface area (Å²) in [6.45, 7) is -0.0213. The Labute approximate surface area is 242 Å². The van der Waals surface area contributed by atoms with Gasteiger partial charge in [0, 0.05) is 12.1 Å². The van der Waals surface area contributed by atoms with Crippen LogP contribution in [0.1, 0.15) is 33.5 Å². The van der Waals surface area contributed by atoms with E-state index in [1.54, 1.807) is 42.5 Å². The number of amides is 1. The molecule has 4 rings (SSSR count). The van der Waals surface area contributed by atoms with E-state index in [9.17, 15) is 35.9 Å². The van der Waals surface area contributed by atoms with Crippen molar-refractivity contribution in [3.05, 3.63) is 113 Å². The molecule has 4 aromatic carbocycles. The van der Waals surface area contributed by atoms with Crippen molar-refractivity contribution in [1.82, 2.24) is 5.32 Å². The lowest BCUT2D eigenvalue weighted by molar-refractivity contribution is -0.274. The van der Waals surface area contributed by atoms with Gasteiger partial charge in [0.05, 0.1) is 12.0 Å². The molecule has 5 nitrogen and oxygen atoms in total. The van der Waals surface area contributed by atoms with E-state index in [0.717, 1.165) is 23.8 Å². The van der Waals surface area contributed by atoms with Crippen LogP contribution in [0.25, 0.3) is 22.3 Å². The third-order valence-electron chi connectivity index (χ3n) is 6.57. The monoisotopic (exact) mass is 601 g/mol. The molecule has 0 aliphatic carbocycles. The Kier molecular flexibility index (Phi) is 9.43. The van der Waals surface area contributed by atoms with E-state index in [4.69, 9.17) is 5.11 Å². The van der Waals surface area contributed by atoms with Crippen molar-refractivity contribution in [2.45, 2.75) is 31.8 Å². The minimum atomic E-state index is -4.84. The first-order valence-electron chi connectivity index (χ1n) is 13.0. The number of aryl methyl sites for hydroxylation is 2. The highest BCUT2D eigenvalue weighted by Gasteiger charge is 2.34. The number of carboxylic acids is 1. The minimum Gasteiger partial charge on any atom is -0.481 e. The fraction of sp³-hybridized carbons (Fsp3) is 0.188. The minimum absolute atomic E-state index is 0.00106. The predicted octanol–water partition coefficient (Wildman–Crippen LogP) is 7.93. The van der Waals surface area contributed by atoms with Gasteiger partial charge < -0.3 is 15.2 Å². The van der Waals surface area contributed by atoms with Gasteiger partial charge in [0.2, 0.25) is 0 Å². The molecule has 0 aliphatic rings. The summed E-state index contributed by atoms with van der Waals surface area (Å²) in [5.41, 5.74) is 2.42. The second-order valence-electron chi connectivity index (χ2n) is 9.58. The third kappa shape index (κ3) is 8.60. The molecule has 224 valence electrons. The van der Waals surface area contributed by atoms with Crippen LogP contribution in [0, 0.1) is 0 Å². The molecule has 0 bridgehead atoms. The summed E-state index contributed by atoms with van der Waals surface area (Å²) in [4.78, 5) is 22.9. The molecule has 0 aliphatic heterocycles. The van der Waals surface area contributed by atoms with E-state index in [2.05, 4.69) is 10.1 Å². The van der Waals surface area contributed by atoms with Crippen LogP contribution in [-0.4, -0.2) is 29.9 Å². The second kappa shape index (κ2) is 13.0. The maximum atomic E-state index is 13.9. The SMILES string of the molecule is O=C(O)CCNC(=O)c1ccc(CCc2cc(-c3ccc(OC(F)(F)F)cc3)ccc2-c2ccccc2C(F)(F)F)cc1. The number of carboxylic acid groups (broad SMARTS) is 1. The molecule has 0 atom stereocenters. The lowest BCUT2D eigenvalue weighted by Gasteiger charge is -2.17. The molecular weight excluding hydrogens is 576 g/mol. The van der Waals surface area contributed by atoms with Crippen LogP contribution in [0.3, 0.4) is 0 Å². The summed E-state index contributed by atoms with van der Waals surface area (Å²) in [5.74, 6) is -1.87. The number of hydrogen-bond donors (Lipinski definition) is 2. The van der Waals surface area contributed by atoms with Crippen molar-refractivity contribution in [3.63, 3.8) is 0 Å². The number of hydrogen-bond acceptors (Lipinski definition) is 3. The first kappa shape index (κ1) is 31.1. The number of halogens is 6. The largest absolute Gasteiger partial charge is 0.573 e. The lowest BCUT2D eigenvalue weighted by atomic mass is 9.89. The van der Waals surface area contributed by atoms with Crippen molar-refractivity contribution < 1.29 is 45.8 Å². The highest BCUT2D eigenvalue weighted by Crippen LogP contribution is 2.39. The summed E-state index contributed by atoms with van der Waals surface area (Å²) in [7, 11) is 0. The smallest absolute Gasteiger partial charge is 0.481 e. The van der Waals surface area contributed by atoms with E-state index >= 15 is 0 Å². The van der Waals surface area contributed by atoms with Gasteiger partial charge in [-0.05, 0) is 76.6 Å². The first-order chi connectivity index (χ1) is 20.3. The summed E-state index contributed by atoms with van der Waals surface area (Å²) in [6.07, 6.45) is -8.93. The first-order valence-corrected chi connectivity index (χ1v) is 13.0. The van der Waals surface area contributed by atoms with Crippen LogP contribution in [0.4, 0.5) is 26.3 Å². The normalized spacial score (nSPS) is 11.7. The summed E-state index contributed by atoms with van der Waals surface area (Å²) in [6, 6.07) is 21.9. The Morgan fingerprint density at radius 1 is 0.744 bits per heavy atom. The predicted molar refractivity (Wildman–Crippen MR) is 147 cm³/mol. The zero-order valence-corrected chi connectivity index (χ0v) is 22.4. The fourth-order valence-electron chi connectivity index (χ4n) is 4.54. The maximum Gasteiger partial charge on any atom is 0.573 e. The molecule has 43 heavy (non-hydrogen) atoms. The molecule has 0 aromatic heterocycles. The Morgan fingerprint density at radius 3 is 2.02 bits per heavy atom. The lowest BCUT2D eigenvalue weighted by Crippen LogP contribution is -2.25. The molecule has 4 aromatic rings. The van der Waals surface area contributed by atoms with Gasteiger partial charge in [-0.1, -0.05) is 60.7 Å². The van der Waals surface area contributed by atoms with Crippen molar-refractivity contribution in [1.29, 1.82) is 0 Å². The number of benzene rings is 4. The van der Waals surface area contributed by atoms with Crippen molar-refractivity contribution in [2.75, 3.05) is 6.54 Å². The van der Waals surface area contributed by atoms with Crippen LogP contribution >= 0.6 is 0 Å². The van der Waals surface area contributed by atoms with Crippen LogP contribution in [0.5, 0.6) is 5.75 Å². The molecule has 0 saturated carbocycles. The zero-order valence-electron chi connectivity index (χ0n) is 22.4. The number of rotatable bonds is 10. The van der Waals surface area contributed by atoms with Gasteiger partial charge in [0.25, 0.3) is 5.91 Å². The Morgan fingerprint density at radius 2 is 1.40 bits per heavy atom. The number of ether oxygens (including phenoxy) is 1. The van der Waals surface area contributed by atoms with Gasteiger partial charge in [0.15, 0.2) is 0 Å². The summed E-state index contributed by atoms with van der Waals surface area (Å²) >= 11 is 0. The molecule has 1 amide bonds. The quantitative estimate of drug-likeness (QED) is 0.181. The number of nitrogens with one attached hydrogen (secondary N) is 1. The molecule has 0 unspecified atom stereocenters. The molecule has 0 spiro atoms. The van der Waals surface area contributed by atoms with Crippen molar-refractivity contribution in [2.24, 2.45) is 0 Å². The van der Waals surface area contributed by atoms with Gasteiger partial charge >= 0.3 is 18.5 Å². The molecule has 0 saturated heterocycles. The Balaban J connectivity index is 1.62. The average molecular weight is 602 g/mol. The highest BCUT2D eigenvalue weighted by atomic mass is 19.4. The molecule has 0 fully saturated rings. The summed E-state index contributed by atoms with van der Waals surface area (Å²) < 4.78 is 83.3. The number of carbonyl (C=O) groups is 2. The zero-order chi connectivity index (χ0) is 31.2. The molecule has 2 N–H and O–H groups in total. The Hall–Kier alpha value is -4.80. The van der Waals surface area contributed by atoms with E-state index in [0.29, 0.717) is 40.7 Å². The van der Waals surface area contributed by atoms with Crippen LogP contribution in [-0.2, 0) is 23.8 Å². The van der Waals surface area contributed by atoms with Gasteiger partial charge in [0.1, 0.15) is 5.75 Å². The van der Waals surface area contributed by atoms with Crippen molar-refractivity contribution >= 4 is 11.9 Å².